The number of aryl methyl sites for hydroxylation is 1. The van der Waals surface area contributed by atoms with E-state index in [9.17, 15) is 13.2 Å². The molecule has 0 heterocycles. The van der Waals surface area contributed by atoms with Crippen LogP contribution in [-0.2, 0) is 16.6 Å². The molecule has 1 N–H and O–H groups in total. The summed E-state index contributed by atoms with van der Waals surface area (Å²) in [6.07, 6.45) is 1.54. The van der Waals surface area contributed by atoms with Gasteiger partial charge >= 0.3 is 0 Å². The predicted molar refractivity (Wildman–Crippen MR) is 139 cm³/mol. The van der Waals surface area contributed by atoms with Crippen LogP contribution in [0.25, 0.3) is 0 Å². The third-order valence-electron chi connectivity index (χ3n) is 5.37. The number of anilines is 1. The summed E-state index contributed by atoms with van der Waals surface area (Å²) in [5.41, 5.74) is 5.74. The van der Waals surface area contributed by atoms with Gasteiger partial charge in [-0.1, -0.05) is 90.5 Å². The fraction of sp³-hybridized carbons (Fsp3) is 0.0714. The largest absolute Gasteiger partial charge is 0.273 e. The Morgan fingerprint density at radius 3 is 2.11 bits per heavy atom. The van der Waals surface area contributed by atoms with Gasteiger partial charge < -0.3 is 0 Å². The first-order valence-corrected chi connectivity index (χ1v) is 12.5. The van der Waals surface area contributed by atoms with E-state index in [1.165, 1.54) is 4.31 Å². The lowest BCUT2D eigenvalue weighted by atomic mass is 10.1. The number of carbonyl (C=O) groups is 1. The Labute approximate surface area is 205 Å². The summed E-state index contributed by atoms with van der Waals surface area (Å²) in [7, 11) is -3.96. The molecule has 35 heavy (non-hydrogen) atoms. The van der Waals surface area contributed by atoms with E-state index < -0.39 is 15.9 Å². The van der Waals surface area contributed by atoms with E-state index in [0.717, 1.165) is 16.7 Å². The molecule has 4 aromatic carbocycles. The first kappa shape index (κ1) is 23.9. The number of hydrazone groups is 1. The first-order valence-electron chi connectivity index (χ1n) is 11.1. The number of benzene rings is 4. The van der Waals surface area contributed by atoms with E-state index in [2.05, 4.69) is 10.5 Å². The molecular weight excluding hydrogens is 458 g/mol. The van der Waals surface area contributed by atoms with E-state index in [0.29, 0.717) is 0 Å². The number of amides is 1. The average Bonchev–Trinajstić information content (AvgIpc) is 2.89. The van der Waals surface area contributed by atoms with Crippen molar-refractivity contribution in [2.75, 3.05) is 4.31 Å². The fourth-order valence-corrected chi connectivity index (χ4v) is 5.02. The number of carbonyl (C=O) groups excluding carboxylic acids is 1. The predicted octanol–water partition coefficient (Wildman–Crippen LogP) is 5.15. The Balaban J connectivity index is 1.69. The molecule has 0 aliphatic heterocycles. The highest BCUT2D eigenvalue weighted by atomic mass is 32.2. The van der Waals surface area contributed by atoms with Crippen molar-refractivity contribution in [2.24, 2.45) is 5.10 Å². The van der Waals surface area contributed by atoms with Crippen molar-refractivity contribution in [3.8, 4) is 0 Å². The molecule has 7 heteroatoms. The van der Waals surface area contributed by atoms with Crippen molar-refractivity contribution < 1.29 is 13.2 Å². The highest BCUT2D eigenvalue weighted by Crippen LogP contribution is 2.29. The summed E-state index contributed by atoms with van der Waals surface area (Å²) >= 11 is 0. The molecule has 0 saturated heterocycles. The van der Waals surface area contributed by atoms with Crippen molar-refractivity contribution in [1.29, 1.82) is 0 Å². The van der Waals surface area contributed by atoms with Crippen molar-refractivity contribution in [1.82, 2.24) is 5.43 Å². The third-order valence-corrected chi connectivity index (χ3v) is 7.15. The molecule has 0 aromatic heterocycles. The normalized spacial score (nSPS) is 11.3. The third kappa shape index (κ3) is 5.83. The Morgan fingerprint density at radius 2 is 1.43 bits per heavy atom. The maximum absolute atomic E-state index is 13.7. The molecule has 0 aliphatic rings. The van der Waals surface area contributed by atoms with Crippen LogP contribution in [-0.4, -0.2) is 20.5 Å². The zero-order valence-corrected chi connectivity index (χ0v) is 20.0. The number of hydrogen-bond donors (Lipinski definition) is 1. The number of sulfonamides is 1. The van der Waals surface area contributed by atoms with E-state index in [4.69, 9.17) is 0 Å². The number of para-hydroxylation sites is 1. The van der Waals surface area contributed by atoms with Crippen LogP contribution in [0.4, 0.5) is 5.69 Å². The Morgan fingerprint density at radius 1 is 0.829 bits per heavy atom. The van der Waals surface area contributed by atoms with Gasteiger partial charge in [0.1, 0.15) is 0 Å². The highest BCUT2D eigenvalue weighted by molar-refractivity contribution is 7.92. The van der Waals surface area contributed by atoms with Gasteiger partial charge in [-0.05, 0) is 42.3 Å². The summed E-state index contributed by atoms with van der Waals surface area (Å²) in [6.45, 7) is 2.05. The standard InChI is InChI=1S/C28H25N3O3S/c1-22-16-18-23(19-17-22)20-29-30-28(32)26-14-8-9-15-27(26)31(21-24-10-4-2-5-11-24)35(33,34)25-12-6-3-7-13-25/h2-20H,21H2,1H3,(H,30,32)/b29-20-. The van der Waals surface area contributed by atoms with Gasteiger partial charge in [0.05, 0.1) is 28.9 Å². The topological polar surface area (TPSA) is 78.8 Å². The van der Waals surface area contributed by atoms with Gasteiger partial charge in [0, 0.05) is 0 Å². The van der Waals surface area contributed by atoms with Crippen LogP contribution >= 0.6 is 0 Å². The SMILES string of the molecule is Cc1ccc(/C=N\NC(=O)c2ccccc2N(Cc2ccccc2)S(=O)(=O)c2ccccc2)cc1. The molecule has 6 nitrogen and oxygen atoms in total. The molecule has 0 unspecified atom stereocenters. The Bertz CT molecular complexity index is 1420. The van der Waals surface area contributed by atoms with Crippen LogP contribution in [0.3, 0.4) is 0 Å². The summed E-state index contributed by atoms with van der Waals surface area (Å²) < 4.78 is 28.7. The molecule has 0 atom stereocenters. The maximum Gasteiger partial charge on any atom is 0.273 e. The van der Waals surface area contributed by atoms with Crippen LogP contribution in [0.2, 0.25) is 0 Å². The van der Waals surface area contributed by atoms with E-state index >= 15 is 0 Å². The number of nitrogens with one attached hydrogen (secondary N) is 1. The van der Waals surface area contributed by atoms with E-state index in [1.54, 1.807) is 60.8 Å². The molecule has 0 aliphatic carbocycles. The molecule has 0 radical (unpaired) electrons. The number of hydrogen-bond acceptors (Lipinski definition) is 4. The molecule has 0 saturated carbocycles. The van der Waals surface area contributed by atoms with Crippen LogP contribution in [0.15, 0.2) is 119 Å². The molecule has 0 spiro atoms. The second-order valence-electron chi connectivity index (χ2n) is 7.94. The average molecular weight is 484 g/mol. The van der Waals surface area contributed by atoms with Crippen molar-refractivity contribution in [3.63, 3.8) is 0 Å². The van der Waals surface area contributed by atoms with Crippen LogP contribution in [0.5, 0.6) is 0 Å². The van der Waals surface area contributed by atoms with Gasteiger partial charge in [0.15, 0.2) is 0 Å². The summed E-state index contributed by atoms with van der Waals surface area (Å²) in [5.74, 6) is -0.509. The van der Waals surface area contributed by atoms with Crippen molar-refractivity contribution in [3.05, 3.63) is 131 Å². The van der Waals surface area contributed by atoms with Gasteiger partial charge in [0.2, 0.25) is 0 Å². The Hall–Kier alpha value is -4.23. The fourth-order valence-electron chi connectivity index (χ4n) is 3.53. The molecule has 0 bridgehead atoms. The van der Waals surface area contributed by atoms with Gasteiger partial charge in [-0.3, -0.25) is 9.10 Å². The Kier molecular flexibility index (Phi) is 7.38. The summed E-state index contributed by atoms with van der Waals surface area (Å²) in [5, 5.41) is 4.06. The molecule has 4 aromatic rings. The number of nitrogens with zero attached hydrogens (tertiary/aromatic N) is 2. The first-order chi connectivity index (χ1) is 16.9. The summed E-state index contributed by atoms with van der Waals surface area (Å²) in [4.78, 5) is 13.2. The van der Waals surface area contributed by atoms with Crippen molar-refractivity contribution >= 4 is 27.8 Å². The second kappa shape index (κ2) is 10.8. The van der Waals surface area contributed by atoms with Crippen LogP contribution in [0.1, 0.15) is 27.0 Å². The molecule has 1 amide bonds. The summed E-state index contributed by atoms with van der Waals surface area (Å²) in [6, 6.07) is 31.8. The van der Waals surface area contributed by atoms with Crippen LogP contribution < -0.4 is 9.73 Å². The molecular formula is C28H25N3O3S. The lowest BCUT2D eigenvalue weighted by Crippen LogP contribution is -2.33. The van der Waals surface area contributed by atoms with Gasteiger partial charge in [-0.15, -0.1) is 0 Å². The second-order valence-corrected chi connectivity index (χ2v) is 9.80. The smallest absolute Gasteiger partial charge is 0.267 e. The van der Waals surface area contributed by atoms with Gasteiger partial charge in [-0.2, -0.15) is 5.10 Å². The molecule has 0 fully saturated rings. The van der Waals surface area contributed by atoms with E-state index in [1.807, 2.05) is 61.5 Å². The van der Waals surface area contributed by atoms with Gasteiger partial charge in [-0.25, -0.2) is 13.8 Å². The minimum Gasteiger partial charge on any atom is -0.267 e. The lowest BCUT2D eigenvalue weighted by Gasteiger charge is -2.26. The van der Waals surface area contributed by atoms with Crippen molar-refractivity contribution in [2.45, 2.75) is 18.4 Å². The van der Waals surface area contributed by atoms with Gasteiger partial charge in [0.25, 0.3) is 15.9 Å². The minimum atomic E-state index is -3.96. The zero-order valence-electron chi connectivity index (χ0n) is 19.2. The highest BCUT2D eigenvalue weighted by Gasteiger charge is 2.28. The van der Waals surface area contributed by atoms with Crippen LogP contribution in [0, 0.1) is 6.92 Å². The maximum atomic E-state index is 13.7. The zero-order chi connectivity index (χ0) is 24.7. The number of rotatable bonds is 8. The monoisotopic (exact) mass is 483 g/mol. The van der Waals surface area contributed by atoms with E-state index in [-0.39, 0.29) is 22.7 Å². The minimum absolute atomic E-state index is 0.0645. The molecule has 176 valence electrons. The lowest BCUT2D eigenvalue weighted by molar-refractivity contribution is 0.0956. The quantitative estimate of drug-likeness (QED) is 0.278. The molecule has 4 rings (SSSR count).